The molecule has 1 N–H and O–H groups in total. The summed E-state index contributed by atoms with van der Waals surface area (Å²) in [5.41, 5.74) is 2.80. The Bertz CT molecular complexity index is 1050. The Labute approximate surface area is 138 Å². The maximum absolute atomic E-state index is 13.8. The maximum atomic E-state index is 13.8. The van der Waals surface area contributed by atoms with Crippen molar-refractivity contribution >= 4 is 28.2 Å². The lowest BCUT2D eigenvalue weighted by Gasteiger charge is -2.11. The summed E-state index contributed by atoms with van der Waals surface area (Å²) in [6, 6.07) is 12.8. The Morgan fingerprint density at radius 2 is 1.96 bits per heavy atom. The van der Waals surface area contributed by atoms with E-state index >= 15 is 0 Å². The molecule has 5 nitrogen and oxygen atoms in total. The average Bonchev–Trinajstić information content (AvgIpc) is 3.03. The lowest BCUT2D eigenvalue weighted by Crippen LogP contribution is -2.05. The molecule has 0 aliphatic rings. The van der Waals surface area contributed by atoms with Crippen molar-refractivity contribution in [1.29, 1.82) is 0 Å². The molecule has 0 saturated heterocycles. The summed E-state index contributed by atoms with van der Waals surface area (Å²) in [5, 5.41) is 12.7. The number of rotatable bonds is 3. The lowest BCUT2D eigenvalue weighted by atomic mass is 10.2. The second-order valence-corrected chi connectivity index (χ2v) is 5.67. The summed E-state index contributed by atoms with van der Waals surface area (Å²) in [7, 11) is 0. The molecule has 6 heteroatoms. The van der Waals surface area contributed by atoms with Gasteiger partial charge in [0.15, 0.2) is 5.65 Å². The second kappa shape index (κ2) is 5.56. The van der Waals surface area contributed by atoms with Crippen LogP contribution >= 0.6 is 0 Å². The van der Waals surface area contributed by atoms with Crippen LogP contribution in [0.25, 0.3) is 16.6 Å². The first-order valence-corrected chi connectivity index (χ1v) is 7.83. The molecule has 120 valence electrons. The van der Waals surface area contributed by atoms with Crippen molar-refractivity contribution in [2.24, 2.45) is 0 Å². The number of fused-ring (bicyclic) bond motifs is 3. The number of nitrogens with one attached hydrogen (secondary N) is 1. The molecule has 4 aromatic rings. The van der Waals surface area contributed by atoms with Gasteiger partial charge in [0.2, 0.25) is 5.95 Å². The monoisotopic (exact) mass is 321 g/mol. The minimum atomic E-state index is -0.253. The predicted molar refractivity (Wildman–Crippen MR) is 92.1 cm³/mol. The Morgan fingerprint density at radius 1 is 1.12 bits per heavy atom. The minimum absolute atomic E-state index is 0.253. The molecular weight excluding hydrogens is 305 g/mol. The highest BCUT2D eigenvalue weighted by Crippen LogP contribution is 2.25. The van der Waals surface area contributed by atoms with Gasteiger partial charge in [0, 0.05) is 17.5 Å². The first kappa shape index (κ1) is 14.6. The quantitative estimate of drug-likeness (QED) is 0.619. The highest BCUT2D eigenvalue weighted by Gasteiger charge is 2.14. The van der Waals surface area contributed by atoms with Crippen molar-refractivity contribution in [3.05, 3.63) is 59.7 Å². The number of hydrogen-bond donors (Lipinski definition) is 1. The third-order valence-electron chi connectivity index (χ3n) is 4.06. The molecule has 4 rings (SSSR count). The minimum Gasteiger partial charge on any atom is -0.325 e. The van der Waals surface area contributed by atoms with Gasteiger partial charge in [0.25, 0.3) is 0 Å². The number of benzene rings is 2. The van der Waals surface area contributed by atoms with Crippen LogP contribution in [0.2, 0.25) is 0 Å². The predicted octanol–water partition coefficient (Wildman–Crippen LogP) is 4.03. The van der Waals surface area contributed by atoms with Gasteiger partial charge in [-0.05, 0) is 36.8 Å². The van der Waals surface area contributed by atoms with Crippen molar-refractivity contribution in [2.75, 3.05) is 5.32 Å². The van der Waals surface area contributed by atoms with Gasteiger partial charge < -0.3 is 5.32 Å². The molecule has 0 aliphatic carbocycles. The van der Waals surface area contributed by atoms with E-state index in [-0.39, 0.29) is 5.82 Å². The van der Waals surface area contributed by atoms with Crippen molar-refractivity contribution < 1.29 is 4.39 Å². The number of halogens is 1. The van der Waals surface area contributed by atoms with Gasteiger partial charge in [-0.3, -0.25) is 0 Å². The molecule has 0 bridgehead atoms. The number of nitrogens with zero attached hydrogens (tertiary/aromatic N) is 4. The molecule has 2 heterocycles. The van der Waals surface area contributed by atoms with Gasteiger partial charge in [0.05, 0.1) is 5.52 Å². The highest BCUT2D eigenvalue weighted by atomic mass is 19.1. The molecule has 24 heavy (non-hydrogen) atoms. The van der Waals surface area contributed by atoms with E-state index in [1.54, 1.807) is 13.0 Å². The number of aryl methyl sites for hydroxylation is 2. The smallest absolute Gasteiger partial charge is 0.215 e. The van der Waals surface area contributed by atoms with Crippen LogP contribution in [0.4, 0.5) is 16.0 Å². The Morgan fingerprint density at radius 3 is 2.75 bits per heavy atom. The fourth-order valence-electron chi connectivity index (χ4n) is 2.75. The average molecular weight is 321 g/mol. The van der Waals surface area contributed by atoms with Gasteiger partial charge >= 0.3 is 0 Å². The summed E-state index contributed by atoms with van der Waals surface area (Å²) in [6.07, 6.45) is 0.720. The van der Waals surface area contributed by atoms with E-state index in [4.69, 9.17) is 0 Å². The van der Waals surface area contributed by atoms with E-state index in [0.29, 0.717) is 17.2 Å². The molecule has 0 unspecified atom stereocenters. The number of aromatic nitrogens is 4. The molecule has 0 spiro atoms. The van der Waals surface area contributed by atoms with Gasteiger partial charge in [-0.15, -0.1) is 10.2 Å². The van der Waals surface area contributed by atoms with Crippen LogP contribution < -0.4 is 5.32 Å². The Hall–Kier alpha value is -3.02. The summed E-state index contributed by atoms with van der Waals surface area (Å²) >= 11 is 0. The fraction of sp³-hybridized carbons (Fsp3) is 0.167. The topological polar surface area (TPSA) is 55.1 Å². The maximum Gasteiger partial charge on any atom is 0.215 e. The molecule has 0 aliphatic heterocycles. The van der Waals surface area contributed by atoms with E-state index in [9.17, 15) is 4.39 Å². The summed E-state index contributed by atoms with van der Waals surface area (Å²) in [4.78, 5) is 4.68. The summed E-state index contributed by atoms with van der Waals surface area (Å²) in [5.74, 6) is 1.13. The van der Waals surface area contributed by atoms with Crippen LogP contribution in [-0.2, 0) is 6.42 Å². The zero-order chi connectivity index (χ0) is 16.7. The van der Waals surface area contributed by atoms with E-state index in [0.717, 1.165) is 28.8 Å². The molecular formula is C18H16FN5. The molecule has 0 radical (unpaired) electrons. The molecule has 0 saturated carbocycles. The third kappa shape index (κ3) is 2.27. The number of para-hydroxylation sites is 1. The number of anilines is 2. The normalized spacial score (nSPS) is 11.3. The van der Waals surface area contributed by atoms with Gasteiger partial charge in [-0.25, -0.2) is 13.8 Å². The van der Waals surface area contributed by atoms with Crippen LogP contribution in [0.15, 0.2) is 42.5 Å². The van der Waals surface area contributed by atoms with Crippen molar-refractivity contribution in [3.63, 3.8) is 0 Å². The van der Waals surface area contributed by atoms with Crippen LogP contribution in [0.1, 0.15) is 18.3 Å². The van der Waals surface area contributed by atoms with E-state index in [2.05, 4.69) is 20.5 Å². The molecule has 0 amide bonds. The molecule has 0 fully saturated rings. The van der Waals surface area contributed by atoms with Gasteiger partial charge in [0.1, 0.15) is 11.6 Å². The van der Waals surface area contributed by atoms with Gasteiger partial charge in [-0.2, -0.15) is 0 Å². The molecule has 0 atom stereocenters. The van der Waals surface area contributed by atoms with E-state index in [1.165, 1.54) is 6.07 Å². The highest BCUT2D eigenvalue weighted by molar-refractivity contribution is 5.92. The van der Waals surface area contributed by atoms with Crippen molar-refractivity contribution in [3.8, 4) is 0 Å². The lowest BCUT2D eigenvalue weighted by molar-refractivity contribution is 0.619. The van der Waals surface area contributed by atoms with Gasteiger partial charge in [-0.1, -0.05) is 25.1 Å². The fourth-order valence-corrected chi connectivity index (χ4v) is 2.75. The van der Waals surface area contributed by atoms with Crippen molar-refractivity contribution in [2.45, 2.75) is 20.3 Å². The zero-order valence-corrected chi connectivity index (χ0v) is 13.4. The largest absolute Gasteiger partial charge is 0.325 e. The second-order valence-electron chi connectivity index (χ2n) is 5.67. The number of hydrogen-bond acceptors (Lipinski definition) is 4. The zero-order valence-electron chi connectivity index (χ0n) is 13.4. The standard InChI is InChI=1S/C18H16FN5/c1-3-16-22-23-17-13-6-4-5-7-15(13)21-18(24(16)17)20-12-9-8-11(2)14(19)10-12/h4-10H,3H2,1-2H3,(H,20,21). The third-order valence-corrected chi connectivity index (χ3v) is 4.06. The van der Waals surface area contributed by atoms with E-state index in [1.807, 2.05) is 41.7 Å². The first-order chi connectivity index (χ1) is 11.7. The first-order valence-electron chi connectivity index (χ1n) is 7.83. The Balaban J connectivity index is 1.94. The van der Waals surface area contributed by atoms with Crippen LogP contribution in [0, 0.1) is 12.7 Å². The van der Waals surface area contributed by atoms with Crippen molar-refractivity contribution in [1.82, 2.24) is 19.6 Å². The van der Waals surface area contributed by atoms with E-state index < -0.39 is 0 Å². The SMILES string of the molecule is CCc1nnc2c3ccccc3nc(Nc3ccc(C)c(F)c3)n12. The summed E-state index contributed by atoms with van der Waals surface area (Å²) < 4.78 is 15.7. The molecule has 2 aromatic heterocycles. The Kier molecular flexibility index (Phi) is 3.37. The van der Waals surface area contributed by atoms with Crippen LogP contribution in [0.5, 0.6) is 0 Å². The van der Waals surface area contributed by atoms with Crippen LogP contribution in [0.3, 0.4) is 0 Å². The molecule has 2 aromatic carbocycles. The van der Waals surface area contributed by atoms with Crippen LogP contribution in [-0.4, -0.2) is 19.6 Å². The summed E-state index contributed by atoms with van der Waals surface area (Å²) in [6.45, 7) is 3.75.